The molecule has 0 saturated carbocycles. The molecule has 0 fully saturated rings. The Hall–Kier alpha value is -2.10. The molecule has 0 atom stereocenters. The first-order valence-corrected chi connectivity index (χ1v) is 4.06. The predicted octanol–water partition coefficient (Wildman–Crippen LogP) is 1.04. The number of benzene rings is 1. The molecule has 1 aromatic heterocycles. The van der Waals surface area contributed by atoms with Crippen molar-refractivity contribution in [1.82, 2.24) is 4.98 Å². The van der Waals surface area contributed by atoms with Crippen LogP contribution in [0.2, 0.25) is 0 Å². The van der Waals surface area contributed by atoms with E-state index in [1.165, 1.54) is 6.07 Å². The number of primary amides is 1. The van der Waals surface area contributed by atoms with Crippen molar-refractivity contribution < 1.29 is 9.90 Å². The molecule has 0 aliphatic carbocycles. The van der Waals surface area contributed by atoms with Crippen LogP contribution < -0.4 is 5.73 Å². The van der Waals surface area contributed by atoms with Crippen molar-refractivity contribution in [1.29, 1.82) is 0 Å². The maximum absolute atomic E-state index is 10.9. The van der Waals surface area contributed by atoms with E-state index in [-0.39, 0.29) is 11.3 Å². The van der Waals surface area contributed by atoms with Crippen LogP contribution in [0, 0.1) is 0 Å². The van der Waals surface area contributed by atoms with Crippen LogP contribution >= 0.6 is 0 Å². The fourth-order valence-corrected chi connectivity index (χ4v) is 1.33. The summed E-state index contributed by atoms with van der Waals surface area (Å²) in [6.07, 6.45) is 1.55. The maximum Gasteiger partial charge on any atom is 0.252 e. The standard InChI is InChI=1S/C10H8N2O2/c11-10(14)7-4-3-6-2-1-5-12-8(6)9(7)13/h1-5,13H,(H2,11,14). The molecule has 0 saturated heterocycles. The molecule has 0 bridgehead atoms. The summed E-state index contributed by atoms with van der Waals surface area (Å²) in [5, 5.41) is 10.4. The third kappa shape index (κ3) is 1.17. The molecule has 2 aromatic rings. The van der Waals surface area contributed by atoms with Crippen molar-refractivity contribution in [3.8, 4) is 5.75 Å². The number of hydrogen-bond acceptors (Lipinski definition) is 3. The lowest BCUT2D eigenvalue weighted by Crippen LogP contribution is -2.11. The van der Waals surface area contributed by atoms with E-state index in [0.29, 0.717) is 5.52 Å². The lowest BCUT2D eigenvalue weighted by molar-refractivity contribution is 0.0998. The van der Waals surface area contributed by atoms with E-state index >= 15 is 0 Å². The van der Waals surface area contributed by atoms with E-state index in [4.69, 9.17) is 5.73 Å². The molecule has 70 valence electrons. The Balaban J connectivity index is 2.81. The topological polar surface area (TPSA) is 76.2 Å². The number of nitrogens with two attached hydrogens (primary N) is 1. The first-order valence-electron chi connectivity index (χ1n) is 4.06. The molecule has 3 N–H and O–H groups in total. The average Bonchev–Trinajstić information content (AvgIpc) is 2.18. The van der Waals surface area contributed by atoms with Gasteiger partial charge in [0, 0.05) is 11.6 Å². The Bertz CT molecular complexity index is 508. The summed E-state index contributed by atoms with van der Waals surface area (Å²) in [7, 11) is 0. The molecule has 14 heavy (non-hydrogen) atoms. The molecule has 0 spiro atoms. The largest absolute Gasteiger partial charge is 0.505 e. The van der Waals surface area contributed by atoms with Crippen LogP contribution in [0.4, 0.5) is 0 Å². The third-order valence-corrected chi connectivity index (χ3v) is 2.01. The molecule has 0 radical (unpaired) electrons. The van der Waals surface area contributed by atoms with Gasteiger partial charge in [-0.15, -0.1) is 0 Å². The summed E-state index contributed by atoms with van der Waals surface area (Å²) in [5.74, 6) is -0.814. The minimum absolute atomic E-state index is 0.0937. The summed E-state index contributed by atoms with van der Waals surface area (Å²) in [5.41, 5.74) is 5.57. The van der Waals surface area contributed by atoms with Crippen LogP contribution in [0.5, 0.6) is 5.75 Å². The Morgan fingerprint density at radius 3 is 2.86 bits per heavy atom. The Kier molecular flexibility index (Phi) is 1.81. The monoisotopic (exact) mass is 188 g/mol. The highest BCUT2D eigenvalue weighted by atomic mass is 16.3. The number of pyridine rings is 1. The second kappa shape index (κ2) is 2.99. The van der Waals surface area contributed by atoms with Crippen LogP contribution in [0.3, 0.4) is 0 Å². The number of hydrogen-bond donors (Lipinski definition) is 2. The van der Waals surface area contributed by atoms with E-state index in [1.54, 1.807) is 24.4 Å². The number of aromatic hydroxyl groups is 1. The van der Waals surface area contributed by atoms with Crippen LogP contribution in [0.1, 0.15) is 10.4 Å². The highest BCUT2D eigenvalue weighted by molar-refractivity contribution is 6.01. The summed E-state index contributed by atoms with van der Waals surface area (Å²) in [6.45, 7) is 0. The molecule has 0 aliphatic rings. The number of phenols is 1. The van der Waals surface area contributed by atoms with Gasteiger partial charge in [-0.1, -0.05) is 12.1 Å². The van der Waals surface area contributed by atoms with Crippen molar-refractivity contribution >= 4 is 16.8 Å². The Labute approximate surface area is 80.0 Å². The van der Waals surface area contributed by atoms with Gasteiger partial charge >= 0.3 is 0 Å². The third-order valence-electron chi connectivity index (χ3n) is 2.01. The number of fused-ring (bicyclic) bond motifs is 1. The molecule has 1 aromatic carbocycles. The number of aromatic nitrogens is 1. The van der Waals surface area contributed by atoms with Crippen LogP contribution in [0.15, 0.2) is 30.5 Å². The average molecular weight is 188 g/mol. The fraction of sp³-hybridized carbons (Fsp3) is 0. The second-order valence-electron chi connectivity index (χ2n) is 2.90. The molecule has 1 amide bonds. The molecule has 0 unspecified atom stereocenters. The van der Waals surface area contributed by atoms with Gasteiger partial charge in [-0.2, -0.15) is 0 Å². The quantitative estimate of drug-likeness (QED) is 0.701. The van der Waals surface area contributed by atoms with E-state index in [1.807, 2.05) is 0 Å². The van der Waals surface area contributed by atoms with Gasteiger partial charge in [-0.25, -0.2) is 0 Å². The van der Waals surface area contributed by atoms with Crippen molar-refractivity contribution in [2.45, 2.75) is 0 Å². The van der Waals surface area contributed by atoms with E-state index < -0.39 is 5.91 Å². The van der Waals surface area contributed by atoms with Crippen molar-refractivity contribution in [2.24, 2.45) is 5.73 Å². The van der Waals surface area contributed by atoms with Gasteiger partial charge in [-0.3, -0.25) is 9.78 Å². The van der Waals surface area contributed by atoms with Crippen LogP contribution in [0.25, 0.3) is 10.9 Å². The highest BCUT2D eigenvalue weighted by Gasteiger charge is 2.10. The zero-order valence-corrected chi connectivity index (χ0v) is 7.27. The molecule has 1 heterocycles. The van der Waals surface area contributed by atoms with Crippen LogP contribution in [-0.4, -0.2) is 16.0 Å². The van der Waals surface area contributed by atoms with Gasteiger partial charge in [0.25, 0.3) is 5.91 Å². The Morgan fingerprint density at radius 2 is 2.14 bits per heavy atom. The van der Waals surface area contributed by atoms with Gasteiger partial charge < -0.3 is 10.8 Å². The maximum atomic E-state index is 10.9. The molecule has 0 aliphatic heterocycles. The molecular weight excluding hydrogens is 180 g/mol. The van der Waals surface area contributed by atoms with E-state index in [0.717, 1.165) is 5.39 Å². The zero-order valence-electron chi connectivity index (χ0n) is 7.27. The lowest BCUT2D eigenvalue weighted by Gasteiger charge is -2.03. The molecule has 4 nitrogen and oxygen atoms in total. The van der Waals surface area contributed by atoms with Gasteiger partial charge in [0.2, 0.25) is 0 Å². The zero-order chi connectivity index (χ0) is 10.1. The first-order chi connectivity index (χ1) is 6.70. The molecule has 4 heteroatoms. The minimum Gasteiger partial charge on any atom is -0.505 e. The summed E-state index contributed by atoms with van der Waals surface area (Å²) in [6, 6.07) is 6.74. The second-order valence-corrected chi connectivity index (χ2v) is 2.90. The number of rotatable bonds is 1. The van der Waals surface area contributed by atoms with Crippen molar-refractivity contribution in [3.63, 3.8) is 0 Å². The van der Waals surface area contributed by atoms with E-state index in [2.05, 4.69) is 4.98 Å². The van der Waals surface area contributed by atoms with Gasteiger partial charge in [0.05, 0.1) is 5.56 Å². The summed E-state index contributed by atoms with van der Waals surface area (Å²) in [4.78, 5) is 14.9. The summed E-state index contributed by atoms with van der Waals surface area (Å²) >= 11 is 0. The van der Waals surface area contributed by atoms with Gasteiger partial charge in [0.15, 0.2) is 5.75 Å². The van der Waals surface area contributed by atoms with Crippen molar-refractivity contribution in [2.75, 3.05) is 0 Å². The molecule has 2 rings (SSSR count). The number of nitrogens with zero attached hydrogens (tertiary/aromatic N) is 1. The smallest absolute Gasteiger partial charge is 0.252 e. The Morgan fingerprint density at radius 1 is 1.36 bits per heavy atom. The normalized spacial score (nSPS) is 10.3. The number of amides is 1. The number of carbonyl (C=O) groups excluding carboxylic acids is 1. The highest BCUT2D eigenvalue weighted by Crippen LogP contribution is 2.25. The van der Waals surface area contributed by atoms with Crippen molar-refractivity contribution in [3.05, 3.63) is 36.0 Å². The SMILES string of the molecule is NC(=O)c1ccc2cccnc2c1O. The van der Waals surface area contributed by atoms with E-state index in [9.17, 15) is 9.90 Å². The first kappa shape index (κ1) is 8.50. The van der Waals surface area contributed by atoms with Gasteiger partial charge in [-0.05, 0) is 12.1 Å². The van der Waals surface area contributed by atoms with Crippen LogP contribution in [-0.2, 0) is 0 Å². The lowest BCUT2D eigenvalue weighted by atomic mass is 10.1. The molecular formula is C10H8N2O2. The number of carbonyl (C=O) groups is 1. The summed E-state index contributed by atoms with van der Waals surface area (Å²) < 4.78 is 0. The fourth-order valence-electron chi connectivity index (χ4n) is 1.33. The van der Waals surface area contributed by atoms with Gasteiger partial charge in [0.1, 0.15) is 5.52 Å². The predicted molar refractivity (Wildman–Crippen MR) is 51.9 cm³/mol. The minimum atomic E-state index is -0.657.